The smallest absolute Gasteiger partial charge is 0.227 e. The number of nitrogens with one attached hydrogen (secondary N) is 1. The Hall–Kier alpha value is -3.70. The Kier molecular flexibility index (Phi) is 10.1. The first kappa shape index (κ1) is 25.6. The van der Waals surface area contributed by atoms with Crippen LogP contribution >= 0.6 is 11.3 Å². The van der Waals surface area contributed by atoms with Crippen LogP contribution in [0.25, 0.3) is 0 Å². The lowest BCUT2D eigenvalue weighted by molar-refractivity contribution is -0.131. The molecule has 2 aromatic rings. The van der Waals surface area contributed by atoms with Crippen molar-refractivity contribution in [2.24, 2.45) is 0 Å². The zero-order valence-electron chi connectivity index (χ0n) is 18.7. The summed E-state index contributed by atoms with van der Waals surface area (Å²) in [6.45, 7) is 8.27. The number of rotatable bonds is 8. The van der Waals surface area contributed by atoms with Gasteiger partial charge in [0.05, 0.1) is 18.5 Å². The van der Waals surface area contributed by atoms with Gasteiger partial charge in [-0.15, -0.1) is 11.3 Å². The fourth-order valence-electron chi connectivity index (χ4n) is 3.29. The van der Waals surface area contributed by atoms with Crippen molar-refractivity contribution < 1.29 is 14.7 Å². The number of carbonyl (C=O) groups excluding carboxylic acids is 2. The van der Waals surface area contributed by atoms with Gasteiger partial charge < -0.3 is 20.1 Å². The van der Waals surface area contributed by atoms with Gasteiger partial charge in [-0.2, -0.15) is 5.26 Å². The number of amides is 1. The highest BCUT2D eigenvalue weighted by molar-refractivity contribution is 7.16. The highest BCUT2D eigenvalue weighted by Crippen LogP contribution is 2.36. The summed E-state index contributed by atoms with van der Waals surface area (Å²) in [6.07, 6.45) is 9.17. The van der Waals surface area contributed by atoms with Gasteiger partial charge in [0.25, 0.3) is 0 Å². The molecule has 172 valence electrons. The average Bonchev–Trinajstić information content (AvgIpc) is 3.20. The Bertz CT molecular complexity index is 1070. The van der Waals surface area contributed by atoms with E-state index in [1.165, 1.54) is 12.2 Å². The number of carbonyl (C=O) groups is 2. The lowest BCUT2D eigenvalue weighted by atomic mass is 10.0. The van der Waals surface area contributed by atoms with Crippen molar-refractivity contribution in [1.82, 2.24) is 9.88 Å². The van der Waals surface area contributed by atoms with Crippen LogP contribution in [0.5, 0.6) is 0 Å². The van der Waals surface area contributed by atoms with E-state index in [2.05, 4.69) is 29.5 Å². The largest absolute Gasteiger partial charge is 0.508 e. The Balaban J connectivity index is 0.000000299. The van der Waals surface area contributed by atoms with Crippen molar-refractivity contribution in [3.63, 3.8) is 0 Å². The maximum Gasteiger partial charge on any atom is 0.227 e. The molecule has 1 amide bonds. The summed E-state index contributed by atoms with van der Waals surface area (Å²) in [7, 11) is 1.82. The molecule has 3 rings (SSSR count). The van der Waals surface area contributed by atoms with E-state index in [0.29, 0.717) is 37.9 Å². The first-order valence-corrected chi connectivity index (χ1v) is 11.3. The third-order valence-electron chi connectivity index (χ3n) is 5.06. The van der Waals surface area contributed by atoms with E-state index < -0.39 is 0 Å². The summed E-state index contributed by atoms with van der Waals surface area (Å²) < 4.78 is 0. The maximum atomic E-state index is 12.4. The number of aliphatic hydroxyl groups is 1. The number of nitrogens with zero attached hydrogens (tertiary/aromatic N) is 3. The Morgan fingerprint density at radius 1 is 1.42 bits per heavy atom. The van der Waals surface area contributed by atoms with Gasteiger partial charge in [0.1, 0.15) is 23.1 Å². The number of pyridine rings is 1. The van der Waals surface area contributed by atoms with Crippen molar-refractivity contribution in [2.75, 3.05) is 18.9 Å². The van der Waals surface area contributed by atoms with Crippen molar-refractivity contribution in [1.29, 1.82) is 5.26 Å². The Labute approximate surface area is 198 Å². The minimum absolute atomic E-state index is 0.0989. The van der Waals surface area contributed by atoms with E-state index in [1.54, 1.807) is 23.7 Å². The van der Waals surface area contributed by atoms with Crippen LogP contribution in [0.2, 0.25) is 0 Å². The molecule has 0 bridgehead atoms. The number of anilines is 1. The Morgan fingerprint density at radius 3 is 2.76 bits per heavy atom. The number of aromatic nitrogens is 1. The molecule has 3 heterocycles. The zero-order valence-corrected chi connectivity index (χ0v) is 19.5. The lowest BCUT2D eigenvalue weighted by Crippen LogP contribution is -2.36. The van der Waals surface area contributed by atoms with Gasteiger partial charge in [0, 0.05) is 37.3 Å². The number of hydrogen-bond donors (Lipinski definition) is 2. The maximum absolute atomic E-state index is 12.4. The summed E-state index contributed by atoms with van der Waals surface area (Å²) in [5.74, 6) is 0.219. The number of aldehydes is 1. The highest BCUT2D eigenvalue weighted by atomic mass is 32.1. The van der Waals surface area contributed by atoms with Crippen LogP contribution in [0, 0.1) is 11.3 Å². The average molecular weight is 465 g/mol. The molecule has 1 aliphatic rings. The predicted molar refractivity (Wildman–Crippen MR) is 131 cm³/mol. The van der Waals surface area contributed by atoms with E-state index in [4.69, 9.17) is 5.11 Å². The third kappa shape index (κ3) is 7.16. The molecule has 7 nitrogen and oxygen atoms in total. The molecule has 0 fully saturated rings. The van der Waals surface area contributed by atoms with Gasteiger partial charge in [-0.05, 0) is 47.8 Å². The van der Waals surface area contributed by atoms with Crippen LogP contribution in [0.3, 0.4) is 0 Å². The van der Waals surface area contributed by atoms with Gasteiger partial charge in [0.2, 0.25) is 5.91 Å². The number of allylic oxidation sites excluding steroid dienone is 3. The molecular weight excluding hydrogens is 436 g/mol. The molecule has 0 saturated carbocycles. The molecule has 1 aliphatic heterocycles. The monoisotopic (exact) mass is 464 g/mol. The van der Waals surface area contributed by atoms with Crippen molar-refractivity contribution in [3.05, 3.63) is 82.7 Å². The summed E-state index contributed by atoms with van der Waals surface area (Å²) in [5.41, 5.74) is 3.39. The number of nitriles is 1. The summed E-state index contributed by atoms with van der Waals surface area (Å²) in [5, 5.41) is 22.4. The molecule has 0 atom stereocenters. The van der Waals surface area contributed by atoms with E-state index >= 15 is 0 Å². The van der Waals surface area contributed by atoms with Crippen LogP contribution < -0.4 is 5.32 Å². The quantitative estimate of drug-likeness (QED) is 0.342. The third-order valence-corrected chi connectivity index (χ3v) is 6.29. The fourth-order valence-corrected chi connectivity index (χ4v) is 4.46. The fraction of sp³-hybridized carbons (Fsp3) is 0.280. The standard InChI is InChI=1S/C16H16N4OS.C9H12O2/c1-18-16-13(9-17)12-4-7-20(10-14(12)22-16)15(21)8-11-2-5-19-6-3-11;1-3-5-9(11)8(2)6-4-7-10/h2-3,5-6,18H,4,7-8,10H2,1H3;3,5,7,11H,1-2,4,6H2/b;9-5+. The van der Waals surface area contributed by atoms with Gasteiger partial charge in [-0.3, -0.25) is 9.78 Å². The molecular formula is C25H28N4O3S. The van der Waals surface area contributed by atoms with Gasteiger partial charge >= 0.3 is 0 Å². The van der Waals surface area contributed by atoms with Crippen LogP contribution in [0.1, 0.15) is 34.4 Å². The lowest BCUT2D eigenvalue weighted by Gasteiger charge is -2.27. The summed E-state index contributed by atoms with van der Waals surface area (Å²) in [4.78, 5) is 29.3. The van der Waals surface area contributed by atoms with Gasteiger partial charge in [-0.1, -0.05) is 19.2 Å². The number of fused-ring (bicyclic) bond motifs is 1. The van der Waals surface area contributed by atoms with Gasteiger partial charge in [0.15, 0.2) is 0 Å². The second-order valence-electron chi connectivity index (χ2n) is 7.26. The normalized spacial score (nSPS) is 12.5. The van der Waals surface area contributed by atoms with E-state index in [9.17, 15) is 14.9 Å². The molecule has 2 N–H and O–H groups in total. The minimum Gasteiger partial charge on any atom is -0.508 e. The van der Waals surface area contributed by atoms with Gasteiger partial charge in [-0.25, -0.2) is 0 Å². The minimum atomic E-state index is 0.0989. The molecule has 8 heteroatoms. The summed E-state index contributed by atoms with van der Waals surface area (Å²) in [6, 6.07) is 6.01. The summed E-state index contributed by atoms with van der Waals surface area (Å²) >= 11 is 1.58. The second kappa shape index (κ2) is 13.0. The number of hydrogen-bond acceptors (Lipinski definition) is 7. The van der Waals surface area contributed by atoms with E-state index in [-0.39, 0.29) is 11.7 Å². The SMILES string of the molecule is C=C/C=C(/O)C(=C)CCC=O.CNc1sc2c(c1C#N)CCN(C(=O)Cc1ccncc1)C2. The molecule has 0 spiro atoms. The first-order chi connectivity index (χ1) is 15.9. The zero-order chi connectivity index (χ0) is 24.2. The highest BCUT2D eigenvalue weighted by Gasteiger charge is 2.26. The second-order valence-corrected chi connectivity index (χ2v) is 8.37. The van der Waals surface area contributed by atoms with Crippen LogP contribution in [-0.2, 0) is 29.0 Å². The molecule has 2 aromatic heterocycles. The molecule has 0 unspecified atom stereocenters. The molecule has 0 saturated heterocycles. The van der Waals surface area contributed by atoms with Crippen molar-refractivity contribution in [2.45, 2.75) is 32.2 Å². The predicted octanol–water partition coefficient (Wildman–Crippen LogP) is 4.33. The van der Waals surface area contributed by atoms with Crippen molar-refractivity contribution in [3.8, 4) is 6.07 Å². The topological polar surface area (TPSA) is 106 Å². The van der Waals surface area contributed by atoms with E-state index in [1.807, 2.05) is 24.1 Å². The van der Waals surface area contributed by atoms with Crippen LogP contribution in [-0.4, -0.2) is 40.8 Å². The van der Waals surface area contributed by atoms with E-state index in [0.717, 1.165) is 39.3 Å². The van der Waals surface area contributed by atoms with Crippen LogP contribution in [0.4, 0.5) is 5.00 Å². The first-order valence-electron chi connectivity index (χ1n) is 10.5. The molecule has 0 aromatic carbocycles. The number of thiophene rings is 1. The van der Waals surface area contributed by atoms with Crippen LogP contribution in [0.15, 0.2) is 61.2 Å². The molecule has 0 aliphatic carbocycles. The number of aliphatic hydroxyl groups excluding tert-OH is 1. The molecule has 0 radical (unpaired) electrons. The van der Waals surface area contributed by atoms with Crippen molar-refractivity contribution >= 4 is 28.5 Å². The Morgan fingerprint density at radius 2 is 2.15 bits per heavy atom. The molecule has 33 heavy (non-hydrogen) atoms.